The Morgan fingerprint density at radius 1 is 0.740 bits per heavy atom. The maximum atomic E-state index is 14.2. The van der Waals surface area contributed by atoms with E-state index in [1.165, 1.54) is 18.0 Å². The lowest BCUT2D eigenvalue weighted by molar-refractivity contribution is -0.217. The molecule has 1 aliphatic heterocycles. The molecule has 7 nitrogen and oxygen atoms in total. The summed E-state index contributed by atoms with van der Waals surface area (Å²) in [5, 5.41) is 10.4. The van der Waals surface area contributed by atoms with E-state index in [9.17, 15) is 13.2 Å². The van der Waals surface area contributed by atoms with Crippen LogP contribution >= 0.6 is 46.6 Å². The van der Waals surface area contributed by atoms with Gasteiger partial charge in [-0.15, -0.1) is 16.9 Å². The molecule has 0 amide bonds. The van der Waals surface area contributed by atoms with E-state index in [-0.39, 0.29) is 31.1 Å². The van der Waals surface area contributed by atoms with Crippen LogP contribution in [-0.2, 0) is 38.8 Å². The lowest BCUT2D eigenvalue weighted by Gasteiger charge is -2.45. The Morgan fingerprint density at radius 2 is 1.24 bits per heavy atom. The minimum atomic E-state index is -1.57. The van der Waals surface area contributed by atoms with Gasteiger partial charge in [0.2, 0.25) is 0 Å². The van der Waals surface area contributed by atoms with Crippen LogP contribution < -0.4 is 0 Å². The van der Waals surface area contributed by atoms with Crippen LogP contribution in [-0.4, -0.2) is 51.6 Å². The lowest BCUT2D eigenvalue weighted by atomic mass is 9.96. The van der Waals surface area contributed by atoms with Gasteiger partial charge in [0.05, 0.1) is 32.6 Å². The molecule has 2 heterocycles. The lowest BCUT2D eigenvalue weighted by Crippen LogP contribution is -2.57. The third kappa shape index (κ3) is 9.02. The Kier molecular flexibility index (Phi) is 12.4. The number of thioether (sulfide) groups is 1. The molecule has 5 atom stereocenters. The van der Waals surface area contributed by atoms with Crippen LogP contribution in [0, 0.1) is 17.5 Å². The summed E-state index contributed by atoms with van der Waals surface area (Å²) in [5.41, 5.74) is 2.26. The molecule has 0 radical (unpaired) electrons. The molecular weight excluding hydrogens is 734 g/mol. The first-order chi connectivity index (χ1) is 24.2. The van der Waals surface area contributed by atoms with Crippen LogP contribution in [0.25, 0.3) is 11.3 Å². The highest BCUT2D eigenvalue weighted by atomic mass is 35.5. The summed E-state index contributed by atoms with van der Waals surface area (Å²) < 4.78 is 69.8. The predicted molar refractivity (Wildman–Crippen MR) is 188 cm³/mol. The van der Waals surface area contributed by atoms with Crippen LogP contribution in [0.2, 0.25) is 15.1 Å². The molecule has 6 rings (SSSR count). The Labute approximate surface area is 306 Å². The number of hydrogen-bond donors (Lipinski definition) is 0. The summed E-state index contributed by atoms with van der Waals surface area (Å²) in [6.45, 7) is 0.817. The van der Waals surface area contributed by atoms with E-state index < -0.39 is 47.2 Å². The Hall–Kier alpha value is -3.13. The van der Waals surface area contributed by atoms with Gasteiger partial charge in [0.25, 0.3) is 0 Å². The second-order valence-corrected chi connectivity index (χ2v) is 13.8. The minimum absolute atomic E-state index is 0.0150. The summed E-state index contributed by atoms with van der Waals surface area (Å²) in [6, 6.07) is 22.9. The zero-order valence-electron chi connectivity index (χ0n) is 26.5. The van der Waals surface area contributed by atoms with E-state index in [2.05, 4.69) is 10.3 Å². The van der Waals surface area contributed by atoms with Crippen LogP contribution in [0.15, 0.2) is 91.1 Å². The quantitative estimate of drug-likeness (QED) is 0.111. The van der Waals surface area contributed by atoms with Crippen molar-refractivity contribution in [2.45, 2.75) is 49.6 Å². The number of aromatic nitrogens is 3. The summed E-state index contributed by atoms with van der Waals surface area (Å²) in [6.07, 6.45) is 1.41. The van der Waals surface area contributed by atoms with E-state index in [1.54, 1.807) is 41.1 Å². The molecule has 1 aliphatic rings. The molecule has 1 aromatic heterocycles. The summed E-state index contributed by atoms with van der Waals surface area (Å²) in [7, 11) is 0. The third-order valence-electron chi connectivity index (χ3n) is 8.12. The molecule has 14 heteroatoms. The summed E-state index contributed by atoms with van der Waals surface area (Å²) in [5.74, 6) is -4.25. The van der Waals surface area contributed by atoms with Gasteiger partial charge in [-0.25, -0.2) is 17.9 Å². The number of ether oxygens (including phenoxy) is 4. The van der Waals surface area contributed by atoms with Crippen LogP contribution in [0.5, 0.6) is 0 Å². The van der Waals surface area contributed by atoms with Crippen molar-refractivity contribution in [3.8, 4) is 11.3 Å². The second-order valence-electron chi connectivity index (χ2n) is 11.6. The summed E-state index contributed by atoms with van der Waals surface area (Å²) in [4.78, 5) is 0. The van der Waals surface area contributed by atoms with E-state index in [1.807, 2.05) is 42.7 Å². The Bertz CT molecular complexity index is 1850. The van der Waals surface area contributed by atoms with Crippen molar-refractivity contribution < 1.29 is 32.1 Å². The van der Waals surface area contributed by atoms with Crippen LogP contribution in [0.3, 0.4) is 0 Å². The fraction of sp³-hybridized carbons (Fsp3) is 0.278. The molecule has 1 fully saturated rings. The van der Waals surface area contributed by atoms with Gasteiger partial charge >= 0.3 is 0 Å². The van der Waals surface area contributed by atoms with Gasteiger partial charge in [0.1, 0.15) is 35.5 Å². The van der Waals surface area contributed by atoms with E-state index in [4.69, 9.17) is 53.8 Å². The monoisotopic (exact) mass is 763 g/mol. The number of benzene rings is 4. The third-order valence-corrected chi connectivity index (χ3v) is 9.72. The molecule has 4 aromatic carbocycles. The fourth-order valence-electron chi connectivity index (χ4n) is 5.58. The van der Waals surface area contributed by atoms with Gasteiger partial charge in [-0.2, -0.15) is 0 Å². The highest BCUT2D eigenvalue weighted by Crippen LogP contribution is 2.39. The Morgan fingerprint density at radius 3 is 1.76 bits per heavy atom. The molecule has 0 spiro atoms. The summed E-state index contributed by atoms with van der Waals surface area (Å²) >= 11 is 19.8. The molecule has 0 N–H and O–H groups in total. The first-order valence-corrected chi connectivity index (χ1v) is 17.9. The molecule has 0 aliphatic carbocycles. The molecule has 0 saturated carbocycles. The average molecular weight is 765 g/mol. The molecule has 0 unspecified atom stereocenters. The van der Waals surface area contributed by atoms with Crippen molar-refractivity contribution in [1.82, 2.24) is 15.0 Å². The molecule has 1 saturated heterocycles. The Balaban J connectivity index is 1.36. The van der Waals surface area contributed by atoms with E-state index in [0.29, 0.717) is 21.7 Å². The van der Waals surface area contributed by atoms with E-state index >= 15 is 0 Å². The average Bonchev–Trinajstić information content (AvgIpc) is 3.61. The van der Waals surface area contributed by atoms with Crippen molar-refractivity contribution in [1.29, 1.82) is 0 Å². The zero-order chi connectivity index (χ0) is 35.2. The van der Waals surface area contributed by atoms with Gasteiger partial charge in [-0.1, -0.05) is 76.4 Å². The zero-order valence-corrected chi connectivity index (χ0v) is 29.6. The van der Waals surface area contributed by atoms with Crippen LogP contribution in [0.4, 0.5) is 13.2 Å². The predicted octanol–water partition coefficient (Wildman–Crippen LogP) is 9.34. The van der Waals surface area contributed by atoms with Gasteiger partial charge in [-0.05, 0) is 71.5 Å². The highest BCUT2D eigenvalue weighted by molar-refractivity contribution is 7.99. The highest BCUT2D eigenvalue weighted by Gasteiger charge is 2.49. The maximum absolute atomic E-state index is 14.2. The van der Waals surface area contributed by atoms with Crippen molar-refractivity contribution in [2.24, 2.45) is 0 Å². The fourth-order valence-corrected chi connectivity index (χ4v) is 6.72. The minimum Gasteiger partial charge on any atom is -0.374 e. The van der Waals surface area contributed by atoms with Gasteiger partial charge in [-0.3, -0.25) is 0 Å². The van der Waals surface area contributed by atoms with Gasteiger partial charge in [0.15, 0.2) is 17.5 Å². The molecule has 50 heavy (non-hydrogen) atoms. The van der Waals surface area contributed by atoms with Crippen molar-refractivity contribution in [2.75, 3.05) is 12.9 Å². The number of rotatable bonds is 13. The molecular formula is C36H31Cl3F3N3O4S. The van der Waals surface area contributed by atoms with Crippen molar-refractivity contribution >= 4 is 46.6 Å². The number of halogens is 6. The van der Waals surface area contributed by atoms with E-state index in [0.717, 1.165) is 28.8 Å². The molecule has 262 valence electrons. The second kappa shape index (κ2) is 16.9. The standard InChI is InChI=1S/C36H31Cl3F3N3O4S/c1-50-36-35(48-19-23-6-12-27(39)13-7-23)33(45-16-30(43-44-45)24-14-28(40)32(42)29(41)15-24)34(47-18-22-4-10-26(38)11-5-22)31(49-36)20-46-17-21-2-8-25(37)9-3-21/h2-16,31,33-36H,17-20H2,1H3/t31-,33+,34+,35-,36+/m1/s1. The first kappa shape index (κ1) is 36.7. The van der Waals surface area contributed by atoms with Gasteiger partial charge < -0.3 is 18.9 Å². The molecule has 5 aromatic rings. The number of hydrogen-bond acceptors (Lipinski definition) is 7. The SMILES string of the molecule is CS[C@@H]1O[C@H](COCc2ccc(Cl)cc2)[C@H](OCc2ccc(Cl)cc2)[C@H](n2cc(-c3cc(F)c(F)c(F)c3)nn2)[C@H]1OCc1ccc(Cl)cc1. The largest absolute Gasteiger partial charge is 0.374 e. The number of nitrogens with zero attached hydrogens (tertiary/aromatic N) is 3. The van der Waals surface area contributed by atoms with Crippen molar-refractivity contribution in [3.05, 3.63) is 140 Å². The topological polar surface area (TPSA) is 67.6 Å². The molecule has 0 bridgehead atoms. The smallest absolute Gasteiger partial charge is 0.194 e. The van der Waals surface area contributed by atoms with Gasteiger partial charge in [0, 0.05) is 20.6 Å². The first-order valence-electron chi connectivity index (χ1n) is 15.5. The van der Waals surface area contributed by atoms with Crippen LogP contribution in [0.1, 0.15) is 22.7 Å². The maximum Gasteiger partial charge on any atom is 0.194 e. The van der Waals surface area contributed by atoms with Crippen molar-refractivity contribution in [3.63, 3.8) is 0 Å². The normalized spacial score (nSPS) is 20.7.